The highest BCUT2D eigenvalue weighted by atomic mass is 35.5. The van der Waals surface area contributed by atoms with E-state index < -0.39 is 0 Å². The van der Waals surface area contributed by atoms with Gasteiger partial charge in [0.15, 0.2) is 10.3 Å². The molecule has 2 rings (SSSR count). The average molecular weight is 285 g/mol. The second-order valence-electron chi connectivity index (χ2n) is 3.60. The highest BCUT2D eigenvalue weighted by Crippen LogP contribution is 2.29. The molecule has 0 amide bonds. The third-order valence-electron chi connectivity index (χ3n) is 2.16. The number of thioether (sulfide) groups is 1. The molecule has 0 spiro atoms. The number of benzene rings is 1. The molecular weight excluding hydrogens is 275 g/mol. The number of hydrogen-bond acceptors (Lipinski definition) is 3. The Hall–Kier alpha value is -0.770. The van der Waals surface area contributed by atoms with Crippen LogP contribution in [0.25, 0.3) is 0 Å². The summed E-state index contributed by atoms with van der Waals surface area (Å²) in [4.78, 5) is 0.855. The van der Waals surface area contributed by atoms with E-state index in [2.05, 4.69) is 35.3 Å². The van der Waals surface area contributed by atoms with Crippen molar-refractivity contribution in [2.24, 2.45) is 0 Å². The van der Waals surface area contributed by atoms with Crippen molar-refractivity contribution >= 4 is 35.0 Å². The van der Waals surface area contributed by atoms with E-state index in [0.717, 1.165) is 10.6 Å². The maximum Gasteiger partial charge on any atom is 0.165 e. The quantitative estimate of drug-likeness (QED) is 0.782. The molecule has 0 aliphatic carbocycles. The summed E-state index contributed by atoms with van der Waals surface area (Å²) in [5.41, 5.74) is 2.50. The lowest BCUT2D eigenvalue weighted by Gasteiger charge is -2.04. The second kappa shape index (κ2) is 5.71. The van der Waals surface area contributed by atoms with Crippen LogP contribution in [0.2, 0.25) is 10.3 Å². The number of aromatic nitrogens is 2. The van der Waals surface area contributed by atoms with E-state index in [1.165, 1.54) is 11.1 Å². The van der Waals surface area contributed by atoms with Crippen molar-refractivity contribution in [3.63, 3.8) is 0 Å². The zero-order chi connectivity index (χ0) is 12.3. The Morgan fingerprint density at radius 3 is 2.76 bits per heavy atom. The fraction of sp³-hybridized carbons (Fsp3) is 0.167. The summed E-state index contributed by atoms with van der Waals surface area (Å²) in [6.45, 7) is 2.08. The van der Waals surface area contributed by atoms with Crippen LogP contribution in [0.5, 0.6) is 0 Å². The highest BCUT2D eigenvalue weighted by Gasteiger charge is 2.05. The molecular formula is C12H10Cl2N2S. The molecule has 0 saturated heterocycles. The molecule has 1 aromatic carbocycles. The molecule has 0 N–H and O–H groups in total. The van der Waals surface area contributed by atoms with Gasteiger partial charge in [0, 0.05) is 5.75 Å². The first-order valence-corrected chi connectivity index (χ1v) is 6.76. The molecule has 88 valence electrons. The van der Waals surface area contributed by atoms with Crippen molar-refractivity contribution in [1.82, 2.24) is 10.2 Å². The largest absolute Gasteiger partial charge is 0.165 e. The van der Waals surface area contributed by atoms with Gasteiger partial charge in [-0.3, -0.25) is 0 Å². The summed E-state index contributed by atoms with van der Waals surface area (Å²) in [5.74, 6) is 0.837. The van der Waals surface area contributed by atoms with Crippen LogP contribution in [0, 0.1) is 6.92 Å². The number of nitrogens with zero attached hydrogens (tertiary/aromatic N) is 2. The highest BCUT2D eigenvalue weighted by molar-refractivity contribution is 7.98. The van der Waals surface area contributed by atoms with Gasteiger partial charge in [0.05, 0.1) is 4.90 Å². The first-order valence-electron chi connectivity index (χ1n) is 5.02. The van der Waals surface area contributed by atoms with Gasteiger partial charge < -0.3 is 0 Å². The van der Waals surface area contributed by atoms with Crippen LogP contribution in [0.4, 0.5) is 0 Å². The van der Waals surface area contributed by atoms with E-state index in [1.54, 1.807) is 17.8 Å². The minimum Gasteiger partial charge on any atom is -0.137 e. The maximum atomic E-state index is 5.94. The van der Waals surface area contributed by atoms with Crippen molar-refractivity contribution in [2.75, 3.05) is 0 Å². The lowest BCUT2D eigenvalue weighted by atomic mass is 10.2. The summed E-state index contributed by atoms with van der Waals surface area (Å²) in [6.07, 6.45) is 0. The van der Waals surface area contributed by atoms with Crippen molar-refractivity contribution < 1.29 is 0 Å². The normalized spacial score (nSPS) is 10.5. The molecule has 0 unspecified atom stereocenters. The van der Waals surface area contributed by atoms with E-state index >= 15 is 0 Å². The predicted octanol–water partition coefficient (Wildman–Crippen LogP) is 4.38. The topological polar surface area (TPSA) is 25.8 Å². The van der Waals surface area contributed by atoms with E-state index in [1.807, 2.05) is 6.07 Å². The Morgan fingerprint density at radius 2 is 2.00 bits per heavy atom. The molecule has 2 nitrogen and oxygen atoms in total. The van der Waals surface area contributed by atoms with Crippen LogP contribution in [0.3, 0.4) is 0 Å². The fourth-order valence-corrected chi connectivity index (χ4v) is 2.73. The fourth-order valence-electron chi connectivity index (χ4n) is 1.40. The van der Waals surface area contributed by atoms with Crippen molar-refractivity contribution in [3.8, 4) is 0 Å². The molecule has 0 bridgehead atoms. The molecule has 0 aliphatic rings. The molecule has 2 aromatic rings. The Bertz CT molecular complexity index is 532. The number of rotatable bonds is 3. The van der Waals surface area contributed by atoms with E-state index in [0.29, 0.717) is 10.3 Å². The predicted molar refractivity (Wildman–Crippen MR) is 72.8 cm³/mol. The van der Waals surface area contributed by atoms with Crippen LogP contribution >= 0.6 is 35.0 Å². The molecule has 1 aromatic heterocycles. The van der Waals surface area contributed by atoms with Crippen molar-refractivity contribution in [2.45, 2.75) is 17.6 Å². The molecule has 0 saturated carbocycles. The first-order chi connectivity index (χ1) is 8.15. The standard InChI is InChI=1S/C12H10Cl2N2S/c1-8-3-2-4-9(5-8)7-17-10-6-11(13)15-16-12(10)14/h2-6H,7H2,1H3. The van der Waals surface area contributed by atoms with Crippen LogP contribution in [-0.4, -0.2) is 10.2 Å². The summed E-state index contributed by atoms with van der Waals surface area (Å²) in [7, 11) is 0. The van der Waals surface area contributed by atoms with Gasteiger partial charge in [0.2, 0.25) is 0 Å². The van der Waals surface area contributed by atoms with Gasteiger partial charge in [-0.15, -0.1) is 22.0 Å². The van der Waals surface area contributed by atoms with Crippen LogP contribution in [-0.2, 0) is 5.75 Å². The summed E-state index contributed by atoms with van der Waals surface area (Å²) >= 11 is 13.3. The smallest absolute Gasteiger partial charge is 0.137 e. The van der Waals surface area contributed by atoms with E-state index in [-0.39, 0.29) is 0 Å². The van der Waals surface area contributed by atoms with Crippen LogP contribution < -0.4 is 0 Å². The molecule has 5 heteroatoms. The first kappa shape index (κ1) is 12.7. The molecule has 0 radical (unpaired) electrons. The molecule has 1 heterocycles. The third-order valence-corrected chi connectivity index (χ3v) is 3.84. The Labute approximate surface area is 114 Å². The van der Waals surface area contributed by atoms with Gasteiger partial charge >= 0.3 is 0 Å². The Kier molecular flexibility index (Phi) is 4.26. The van der Waals surface area contributed by atoms with Crippen molar-refractivity contribution in [3.05, 3.63) is 51.8 Å². The Balaban J connectivity index is 2.09. The number of halogens is 2. The van der Waals surface area contributed by atoms with E-state index in [4.69, 9.17) is 23.2 Å². The minimum absolute atomic E-state index is 0.362. The lowest BCUT2D eigenvalue weighted by molar-refractivity contribution is 0.998. The Morgan fingerprint density at radius 1 is 1.18 bits per heavy atom. The molecule has 0 fully saturated rings. The zero-order valence-corrected chi connectivity index (χ0v) is 11.5. The molecule has 0 atom stereocenters. The second-order valence-corrected chi connectivity index (χ2v) is 5.36. The minimum atomic E-state index is 0.362. The van der Waals surface area contributed by atoms with Gasteiger partial charge in [-0.1, -0.05) is 53.0 Å². The summed E-state index contributed by atoms with van der Waals surface area (Å²) in [5, 5.41) is 8.21. The summed E-state index contributed by atoms with van der Waals surface area (Å²) in [6, 6.07) is 10.1. The van der Waals surface area contributed by atoms with Crippen LogP contribution in [0.1, 0.15) is 11.1 Å². The number of hydrogen-bond donors (Lipinski definition) is 0. The third kappa shape index (κ3) is 3.60. The monoisotopic (exact) mass is 284 g/mol. The molecule has 17 heavy (non-hydrogen) atoms. The number of aryl methyl sites for hydroxylation is 1. The lowest BCUT2D eigenvalue weighted by Crippen LogP contribution is -1.87. The maximum absolute atomic E-state index is 5.94. The van der Waals surface area contributed by atoms with Crippen molar-refractivity contribution in [1.29, 1.82) is 0 Å². The van der Waals surface area contributed by atoms with Gasteiger partial charge in [-0.25, -0.2) is 0 Å². The molecule has 0 aliphatic heterocycles. The van der Waals surface area contributed by atoms with E-state index in [9.17, 15) is 0 Å². The van der Waals surface area contributed by atoms with Gasteiger partial charge in [0.1, 0.15) is 0 Å². The van der Waals surface area contributed by atoms with Gasteiger partial charge in [-0.05, 0) is 18.6 Å². The SMILES string of the molecule is Cc1cccc(CSc2cc(Cl)nnc2Cl)c1. The zero-order valence-electron chi connectivity index (χ0n) is 9.15. The average Bonchev–Trinajstić information content (AvgIpc) is 2.30. The van der Waals surface area contributed by atoms with Crippen LogP contribution in [0.15, 0.2) is 35.2 Å². The summed E-state index contributed by atoms with van der Waals surface area (Å²) < 4.78 is 0. The van der Waals surface area contributed by atoms with Gasteiger partial charge in [-0.2, -0.15) is 0 Å². The van der Waals surface area contributed by atoms with Gasteiger partial charge in [0.25, 0.3) is 0 Å².